The summed E-state index contributed by atoms with van der Waals surface area (Å²) in [6, 6.07) is -0.755. The lowest BCUT2D eigenvalue weighted by molar-refractivity contribution is -0.137. The van der Waals surface area contributed by atoms with Crippen LogP contribution in [0, 0.1) is 5.92 Å². The summed E-state index contributed by atoms with van der Waals surface area (Å²) in [7, 11) is 0. The number of amides is 2. The zero-order valence-electron chi connectivity index (χ0n) is 7.66. The van der Waals surface area contributed by atoms with Gasteiger partial charge in [0.2, 0.25) is 11.8 Å². The van der Waals surface area contributed by atoms with Gasteiger partial charge in [0.1, 0.15) is 18.2 Å². The number of carbonyl (C=O) groups excluding carboxylic acids is 2. The monoisotopic (exact) mass is 196 g/mol. The summed E-state index contributed by atoms with van der Waals surface area (Å²) < 4.78 is 5.00. The Labute approximate surface area is 81.2 Å². The van der Waals surface area contributed by atoms with E-state index in [-0.39, 0.29) is 24.0 Å². The molecule has 0 radical (unpaired) electrons. The number of carbonyl (C=O) groups is 2. The molecule has 2 amide bonds. The third kappa shape index (κ3) is 1.28. The van der Waals surface area contributed by atoms with E-state index >= 15 is 0 Å². The van der Waals surface area contributed by atoms with Crippen LogP contribution in [0.5, 0.6) is 0 Å². The van der Waals surface area contributed by atoms with Crippen molar-refractivity contribution < 1.29 is 14.3 Å². The number of piperazine rings is 1. The minimum absolute atomic E-state index is 0.0485. The van der Waals surface area contributed by atoms with Crippen molar-refractivity contribution in [2.75, 3.05) is 6.61 Å². The molecule has 2 heterocycles. The number of ether oxygens (including phenoxy) is 1. The normalized spacial score (nSPS) is 41.6. The Balaban J connectivity index is 1.71. The molecule has 1 aliphatic carbocycles. The Morgan fingerprint density at radius 3 is 2.21 bits per heavy atom. The minimum Gasteiger partial charge on any atom is -0.370 e. The molecule has 0 spiro atoms. The van der Waals surface area contributed by atoms with Crippen LogP contribution in [0.4, 0.5) is 0 Å². The zero-order valence-corrected chi connectivity index (χ0v) is 7.66. The highest BCUT2D eigenvalue weighted by Gasteiger charge is 2.47. The molecule has 3 fully saturated rings. The Hall–Kier alpha value is -1.10. The van der Waals surface area contributed by atoms with Crippen molar-refractivity contribution in [1.82, 2.24) is 10.6 Å². The second kappa shape index (κ2) is 2.70. The molecule has 2 saturated heterocycles. The molecule has 0 bridgehead atoms. The van der Waals surface area contributed by atoms with E-state index in [1.807, 2.05) is 0 Å². The molecule has 0 aromatic heterocycles. The van der Waals surface area contributed by atoms with Crippen LogP contribution in [-0.4, -0.2) is 36.6 Å². The van der Waals surface area contributed by atoms with Gasteiger partial charge in [-0.1, -0.05) is 0 Å². The fourth-order valence-electron chi connectivity index (χ4n) is 1.89. The molecular weight excluding hydrogens is 184 g/mol. The van der Waals surface area contributed by atoms with Gasteiger partial charge >= 0.3 is 0 Å². The summed E-state index contributed by atoms with van der Waals surface area (Å²) in [4.78, 5) is 23.1. The highest BCUT2D eigenvalue weighted by molar-refractivity contribution is 5.97. The zero-order chi connectivity index (χ0) is 9.71. The first-order valence-electron chi connectivity index (χ1n) is 4.98. The highest BCUT2D eigenvalue weighted by atomic mass is 16.6. The van der Waals surface area contributed by atoms with Crippen LogP contribution in [-0.2, 0) is 14.3 Å². The maximum absolute atomic E-state index is 11.6. The van der Waals surface area contributed by atoms with Gasteiger partial charge < -0.3 is 15.4 Å². The smallest absolute Gasteiger partial charge is 0.246 e. The van der Waals surface area contributed by atoms with Gasteiger partial charge in [0, 0.05) is 0 Å². The maximum Gasteiger partial charge on any atom is 0.246 e. The van der Waals surface area contributed by atoms with Crippen molar-refractivity contribution in [3.05, 3.63) is 0 Å². The maximum atomic E-state index is 11.6. The largest absolute Gasteiger partial charge is 0.370 e. The topological polar surface area (TPSA) is 70.7 Å². The summed E-state index contributed by atoms with van der Waals surface area (Å²) >= 11 is 0. The van der Waals surface area contributed by atoms with Gasteiger partial charge in [0.05, 0.1) is 6.61 Å². The molecule has 5 heteroatoms. The van der Waals surface area contributed by atoms with E-state index in [0.717, 1.165) is 12.8 Å². The molecule has 76 valence electrons. The Bertz CT molecular complexity index is 266. The van der Waals surface area contributed by atoms with Crippen LogP contribution in [0.25, 0.3) is 0 Å². The summed E-state index contributed by atoms with van der Waals surface area (Å²) in [5, 5.41) is 5.49. The van der Waals surface area contributed by atoms with E-state index < -0.39 is 6.04 Å². The average Bonchev–Trinajstić information content (AvgIpc) is 3.03. The van der Waals surface area contributed by atoms with Gasteiger partial charge in [-0.25, -0.2) is 0 Å². The summed E-state index contributed by atoms with van der Waals surface area (Å²) in [5.74, 6) is 0.219. The predicted octanol–water partition coefficient (Wildman–Crippen LogP) is -1.22. The van der Waals surface area contributed by atoms with Crippen LogP contribution in [0.2, 0.25) is 0 Å². The Kier molecular flexibility index (Phi) is 1.58. The number of rotatable bonds is 2. The van der Waals surface area contributed by atoms with E-state index in [9.17, 15) is 9.59 Å². The summed E-state index contributed by atoms with van der Waals surface area (Å²) in [6.07, 6.45) is 1.99. The molecule has 2 N–H and O–H groups in total. The summed E-state index contributed by atoms with van der Waals surface area (Å²) in [5.41, 5.74) is 0. The fraction of sp³-hybridized carbons (Fsp3) is 0.778. The molecule has 0 aromatic rings. The van der Waals surface area contributed by atoms with Crippen LogP contribution in [0.1, 0.15) is 12.8 Å². The van der Waals surface area contributed by atoms with Gasteiger partial charge in [-0.3, -0.25) is 9.59 Å². The van der Waals surface area contributed by atoms with Crippen LogP contribution < -0.4 is 10.6 Å². The lowest BCUT2D eigenvalue weighted by Gasteiger charge is -2.28. The third-order valence-corrected chi connectivity index (χ3v) is 2.98. The number of hydrogen-bond donors (Lipinski definition) is 2. The van der Waals surface area contributed by atoms with E-state index in [1.54, 1.807) is 0 Å². The van der Waals surface area contributed by atoms with E-state index in [4.69, 9.17) is 4.74 Å². The van der Waals surface area contributed by atoms with Crippen LogP contribution >= 0.6 is 0 Å². The Morgan fingerprint density at radius 2 is 1.64 bits per heavy atom. The molecular formula is C9H12N2O3. The third-order valence-electron chi connectivity index (χ3n) is 2.98. The second-order valence-corrected chi connectivity index (χ2v) is 4.18. The molecule has 0 aromatic carbocycles. The second-order valence-electron chi connectivity index (χ2n) is 4.18. The molecule has 14 heavy (non-hydrogen) atoms. The van der Waals surface area contributed by atoms with Gasteiger partial charge in [-0.2, -0.15) is 0 Å². The van der Waals surface area contributed by atoms with E-state index in [1.165, 1.54) is 0 Å². The lowest BCUT2D eigenvalue weighted by atomic mass is 10.0. The number of nitrogens with one attached hydrogen (secondary N) is 2. The Morgan fingerprint density at radius 1 is 1.07 bits per heavy atom. The van der Waals surface area contributed by atoms with E-state index in [0.29, 0.717) is 12.5 Å². The average molecular weight is 196 g/mol. The molecule has 2 aliphatic heterocycles. The van der Waals surface area contributed by atoms with Gasteiger partial charge in [0.15, 0.2) is 0 Å². The molecule has 3 aliphatic rings. The van der Waals surface area contributed by atoms with Gasteiger partial charge in [-0.05, 0) is 18.8 Å². The number of epoxide rings is 1. The quantitative estimate of drug-likeness (QED) is 0.544. The SMILES string of the molecule is O=C1NC(C2CO2)C(=O)NC1C1CC1. The molecule has 3 unspecified atom stereocenters. The first kappa shape index (κ1) is 8.23. The molecule has 5 nitrogen and oxygen atoms in total. The first-order chi connectivity index (χ1) is 6.75. The van der Waals surface area contributed by atoms with Crippen molar-refractivity contribution in [3.8, 4) is 0 Å². The first-order valence-corrected chi connectivity index (χ1v) is 4.98. The van der Waals surface area contributed by atoms with Crippen molar-refractivity contribution in [2.45, 2.75) is 31.0 Å². The summed E-state index contributed by atoms with van der Waals surface area (Å²) in [6.45, 7) is 0.576. The van der Waals surface area contributed by atoms with Crippen LogP contribution in [0.15, 0.2) is 0 Å². The molecule has 3 rings (SSSR count). The van der Waals surface area contributed by atoms with Crippen molar-refractivity contribution >= 4 is 11.8 Å². The lowest BCUT2D eigenvalue weighted by Crippen LogP contribution is -2.64. The van der Waals surface area contributed by atoms with Crippen molar-refractivity contribution in [1.29, 1.82) is 0 Å². The molecule has 3 atom stereocenters. The minimum atomic E-state index is -0.461. The standard InChI is InChI=1S/C9H12N2O3/c12-8-6(4-1-2-4)10-9(13)7(11-8)5-3-14-5/h4-7H,1-3H2,(H,10,13)(H,11,12). The predicted molar refractivity (Wildman–Crippen MR) is 46.3 cm³/mol. The molecule has 1 saturated carbocycles. The van der Waals surface area contributed by atoms with Crippen molar-refractivity contribution in [3.63, 3.8) is 0 Å². The van der Waals surface area contributed by atoms with Crippen molar-refractivity contribution in [2.24, 2.45) is 5.92 Å². The number of hydrogen-bond acceptors (Lipinski definition) is 3. The van der Waals surface area contributed by atoms with Crippen LogP contribution in [0.3, 0.4) is 0 Å². The highest BCUT2D eigenvalue weighted by Crippen LogP contribution is 2.34. The van der Waals surface area contributed by atoms with Gasteiger partial charge in [0.25, 0.3) is 0 Å². The fourth-order valence-corrected chi connectivity index (χ4v) is 1.89. The van der Waals surface area contributed by atoms with Gasteiger partial charge in [-0.15, -0.1) is 0 Å². The van der Waals surface area contributed by atoms with E-state index in [2.05, 4.69) is 10.6 Å².